The summed E-state index contributed by atoms with van der Waals surface area (Å²) in [7, 11) is 0. The lowest BCUT2D eigenvalue weighted by atomic mass is 9.73. The van der Waals surface area contributed by atoms with Crippen LogP contribution in [0.25, 0.3) is 0 Å². The van der Waals surface area contributed by atoms with E-state index in [1.165, 1.54) is 0 Å². The Bertz CT molecular complexity index is 836. The highest BCUT2D eigenvalue weighted by Crippen LogP contribution is 2.54. The molecule has 1 saturated carbocycles. The van der Waals surface area contributed by atoms with Crippen LogP contribution in [0.1, 0.15) is 84.5 Å². The summed E-state index contributed by atoms with van der Waals surface area (Å²) in [5.74, 6) is -3.09. The molecule has 0 aromatic carbocycles. The van der Waals surface area contributed by atoms with E-state index in [1.54, 1.807) is 6.92 Å². The average molecular weight is 511 g/mol. The van der Waals surface area contributed by atoms with E-state index in [1.807, 2.05) is 12.1 Å². The fraction of sp³-hybridized carbons (Fsp3) is 0.852. The van der Waals surface area contributed by atoms with Crippen molar-refractivity contribution in [3.05, 3.63) is 23.5 Å². The molecule has 0 radical (unpaired) electrons. The SMILES string of the molecule is CCC(C)(CCCC1OC2(O)C(CO)C(O)C(O)C12)CC(C)(C)OCc1ccc(CCC(C)O)nn1. The highest BCUT2D eigenvalue weighted by Gasteiger charge is 2.69. The lowest BCUT2D eigenvalue weighted by molar-refractivity contribution is -0.381. The van der Waals surface area contributed by atoms with Gasteiger partial charge in [0.25, 0.3) is 0 Å². The van der Waals surface area contributed by atoms with Crippen LogP contribution in [-0.2, 0) is 22.5 Å². The van der Waals surface area contributed by atoms with Gasteiger partial charge in [0.1, 0.15) is 0 Å². The molecule has 1 saturated heterocycles. The number of nitrogens with zero attached hydrogens (tertiary/aromatic N) is 2. The lowest BCUT2D eigenvalue weighted by Crippen LogP contribution is -2.62. The molecule has 0 bridgehead atoms. The molecule has 0 amide bonds. The summed E-state index contributed by atoms with van der Waals surface area (Å²) in [6, 6.07) is 3.86. The van der Waals surface area contributed by atoms with E-state index in [2.05, 4.69) is 37.9 Å². The normalized spacial score (nSPS) is 32.6. The Morgan fingerprint density at radius 1 is 1.14 bits per heavy atom. The van der Waals surface area contributed by atoms with Crippen molar-refractivity contribution in [1.29, 1.82) is 0 Å². The number of aryl methyl sites for hydroxylation is 1. The van der Waals surface area contributed by atoms with Crippen LogP contribution in [0.3, 0.4) is 0 Å². The third-order valence-corrected chi connectivity index (χ3v) is 8.26. The van der Waals surface area contributed by atoms with Gasteiger partial charge in [-0.05, 0) is 70.4 Å². The molecule has 5 N–H and O–H groups in total. The number of aliphatic hydroxyl groups is 5. The molecule has 1 aliphatic carbocycles. The van der Waals surface area contributed by atoms with E-state index in [0.29, 0.717) is 25.9 Å². The van der Waals surface area contributed by atoms with Crippen LogP contribution < -0.4 is 0 Å². The molecule has 9 nitrogen and oxygen atoms in total. The van der Waals surface area contributed by atoms with Gasteiger partial charge >= 0.3 is 0 Å². The van der Waals surface area contributed by atoms with Crippen molar-refractivity contribution in [2.75, 3.05) is 6.61 Å². The highest BCUT2D eigenvalue weighted by atomic mass is 16.7. The molecular weight excluding hydrogens is 464 g/mol. The molecule has 2 heterocycles. The number of ether oxygens (including phenoxy) is 2. The van der Waals surface area contributed by atoms with Gasteiger partial charge in [-0.3, -0.25) is 0 Å². The van der Waals surface area contributed by atoms with Crippen LogP contribution in [0.5, 0.6) is 0 Å². The third-order valence-electron chi connectivity index (χ3n) is 8.26. The lowest BCUT2D eigenvalue weighted by Gasteiger charge is -2.50. The van der Waals surface area contributed by atoms with Gasteiger partial charge in [-0.25, -0.2) is 0 Å². The second-order valence-electron chi connectivity index (χ2n) is 11.9. The van der Waals surface area contributed by atoms with Crippen molar-refractivity contribution in [3.63, 3.8) is 0 Å². The minimum atomic E-state index is -1.64. The Morgan fingerprint density at radius 2 is 1.81 bits per heavy atom. The van der Waals surface area contributed by atoms with Gasteiger partial charge in [0, 0.05) is 0 Å². The average Bonchev–Trinajstić information content (AvgIpc) is 2.95. The zero-order valence-corrected chi connectivity index (χ0v) is 22.4. The van der Waals surface area contributed by atoms with Crippen molar-refractivity contribution >= 4 is 0 Å². The Morgan fingerprint density at radius 3 is 2.39 bits per heavy atom. The second kappa shape index (κ2) is 11.7. The largest absolute Gasteiger partial charge is 0.396 e. The molecule has 1 aromatic heterocycles. The maximum Gasteiger partial charge on any atom is 0.181 e. The summed E-state index contributed by atoms with van der Waals surface area (Å²) < 4.78 is 11.9. The summed E-state index contributed by atoms with van der Waals surface area (Å²) in [5, 5.41) is 58.6. The maximum atomic E-state index is 10.7. The Labute approximate surface area is 214 Å². The molecular formula is C27H46N2O7. The molecule has 2 aliphatic rings. The molecule has 1 aromatic rings. The van der Waals surface area contributed by atoms with Crippen LogP contribution in [0.15, 0.2) is 12.1 Å². The first kappa shape index (κ1) is 29.4. The summed E-state index contributed by atoms with van der Waals surface area (Å²) in [6.07, 6.45) is 2.68. The Balaban J connectivity index is 1.46. The molecule has 8 unspecified atom stereocenters. The molecule has 206 valence electrons. The standard InChI is InChI=1S/C27H46N2O7/c1-6-26(5,13-7-8-21-22-24(33)23(32)20(14-30)27(22,34)36-21)16-25(3,4)35-15-19-12-11-18(28-29-19)10-9-17(2)31/h11-12,17,20-24,30-34H,6-10,13-16H2,1-5H3. The van der Waals surface area contributed by atoms with Crippen molar-refractivity contribution < 1.29 is 35.0 Å². The first-order valence-corrected chi connectivity index (χ1v) is 13.3. The smallest absolute Gasteiger partial charge is 0.181 e. The fourth-order valence-electron chi connectivity index (χ4n) is 5.98. The molecule has 2 fully saturated rings. The Hall–Kier alpha value is -1.20. The molecule has 3 rings (SSSR count). The van der Waals surface area contributed by atoms with Crippen LogP contribution in [-0.4, -0.2) is 78.1 Å². The quantitative estimate of drug-likeness (QED) is 0.254. The molecule has 9 heteroatoms. The van der Waals surface area contributed by atoms with Crippen LogP contribution in [0, 0.1) is 17.3 Å². The number of rotatable bonds is 14. The monoisotopic (exact) mass is 510 g/mol. The van der Waals surface area contributed by atoms with Gasteiger partial charge in [0.15, 0.2) is 5.79 Å². The number of hydrogen-bond acceptors (Lipinski definition) is 9. The maximum absolute atomic E-state index is 10.7. The number of aliphatic hydroxyl groups excluding tert-OH is 4. The van der Waals surface area contributed by atoms with E-state index in [0.717, 1.165) is 37.1 Å². The summed E-state index contributed by atoms with van der Waals surface area (Å²) >= 11 is 0. The Kier molecular flexibility index (Phi) is 9.52. The number of aromatic nitrogens is 2. The first-order chi connectivity index (χ1) is 16.8. The van der Waals surface area contributed by atoms with E-state index in [4.69, 9.17) is 9.47 Å². The van der Waals surface area contributed by atoms with E-state index in [9.17, 15) is 25.5 Å². The summed E-state index contributed by atoms with van der Waals surface area (Å²) in [6.45, 7) is 10.3. The minimum Gasteiger partial charge on any atom is -0.396 e. The van der Waals surface area contributed by atoms with Crippen LogP contribution in [0.2, 0.25) is 0 Å². The number of hydrogen-bond donors (Lipinski definition) is 5. The third kappa shape index (κ3) is 6.62. The van der Waals surface area contributed by atoms with E-state index in [-0.39, 0.29) is 23.2 Å². The van der Waals surface area contributed by atoms with Crippen molar-refractivity contribution in [2.45, 2.75) is 122 Å². The van der Waals surface area contributed by atoms with Gasteiger partial charge < -0.3 is 35.0 Å². The number of fused-ring (bicyclic) bond motifs is 1. The van der Waals surface area contributed by atoms with Crippen molar-refractivity contribution in [2.24, 2.45) is 17.3 Å². The first-order valence-electron chi connectivity index (χ1n) is 13.3. The van der Waals surface area contributed by atoms with Gasteiger partial charge in [-0.2, -0.15) is 10.2 Å². The van der Waals surface area contributed by atoms with Gasteiger partial charge in [0.05, 0.1) is 66.5 Å². The fourth-order valence-corrected chi connectivity index (χ4v) is 5.98. The van der Waals surface area contributed by atoms with Crippen LogP contribution >= 0.6 is 0 Å². The molecule has 1 aliphatic heterocycles. The van der Waals surface area contributed by atoms with Crippen LogP contribution in [0.4, 0.5) is 0 Å². The predicted molar refractivity (Wildman–Crippen MR) is 134 cm³/mol. The predicted octanol–water partition coefficient (Wildman–Crippen LogP) is 2.11. The summed E-state index contributed by atoms with van der Waals surface area (Å²) in [5.41, 5.74) is 1.29. The molecule has 0 spiro atoms. The second-order valence-corrected chi connectivity index (χ2v) is 11.9. The van der Waals surface area contributed by atoms with Crippen molar-refractivity contribution in [3.8, 4) is 0 Å². The molecule has 36 heavy (non-hydrogen) atoms. The topological polar surface area (TPSA) is 145 Å². The van der Waals surface area contributed by atoms with E-state index < -0.39 is 36.4 Å². The minimum absolute atomic E-state index is 0.0293. The molecule has 8 atom stereocenters. The van der Waals surface area contributed by atoms with Gasteiger partial charge in [-0.1, -0.05) is 26.7 Å². The van der Waals surface area contributed by atoms with Crippen molar-refractivity contribution in [1.82, 2.24) is 10.2 Å². The highest BCUT2D eigenvalue weighted by molar-refractivity contribution is 5.12. The zero-order chi connectivity index (χ0) is 26.7. The van der Waals surface area contributed by atoms with Gasteiger partial charge in [0.2, 0.25) is 0 Å². The summed E-state index contributed by atoms with van der Waals surface area (Å²) in [4.78, 5) is 0. The van der Waals surface area contributed by atoms with E-state index >= 15 is 0 Å². The van der Waals surface area contributed by atoms with Gasteiger partial charge in [-0.15, -0.1) is 0 Å². The zero-order valence-electron chi connectivity index (χ0n) is 22.4.